The number of nitrogens with one attached hydrogen (secondary N) is 2. The number of hydrogen-bond acceptors (Lipinski definition) is 7. The van der Waals surface area contributed by atoms with Crippen LogP contribution in [-0.4, -0.2) is 48.2 Å². The van der Waals surface area contributed by atoms with Gasteiger partial charge in [0.05, 0.1) is 13.5 Å². The lowest BCUT2D eigenvalue weighted by Gasteiger charge is -2.34. The van der Waals surface area contributed by atoms with Gasteiger partial charge in [-0.25, -0.2) is 9.59 Å². The molecule has 0 saturated carbocycles. The van der Waals surface area contributed by atoms with Gasteiger partial charge >= 0.3 is 18.0 Å². The van der Waals surface area contributed by atoms with E-state index in [1.165, 1.54) is 7.11 Å². The van der Waals surface area contributed by atoms with E-state index in [1.54, 1.807) is 45.0 Å². The molecule has 9 heteroatoms. The van der Waals surface area contributed by atoms with Crippen LogP contribution in [-0.2, 0) is 30.3 Å². The molecule has 0 aromatic heterocycles. The highest BCUT2D eigenvalue weighted by molar-refractivity contribution is 5.94. The van der Waals surface area contributed by atoms with Gasteiger partial charge in [-0.3, -0.25) is 9.59 Å². The molecule has 2 N–H and O–H groups in total. The molecule has 2 amide bonds. The highest BCUT2D eigenvalue weighted by Crippen LogP contribution is 2.27. The van der Waals surface area contributed by atoms with E-state index in [2.05, 4.69) is 42.7 Å². The van der Waals surface area contributed by atoms with Gasteiger partial charge in [-0.15, -0.1) is 0 Å². The lowest BCUT2D eigenvalue weighted by atomic mass is 9.81. The Morgan fingerprint density at radius 2 is 1.51 bits per heavy atom. The van der Waals surface area contributed by atoms with Crippen molar-refractivity contribution in [1.82, 2.24) is 10.6 Å². The van der Waals surface area contributed by atoms with Crippen LogP contribution in [0.1, 0.15) is 73.8 Å². The summed E-state index contributed by atoms with van der Waals surface area (Å²) in [4.78, 5) is 49.2. The van der Waals surface area contributed by atoms with E-state index in [-0.39, 0.29) is 35.5 Å². The number of carbonyl (C=O) groups excluding carboxylic acids is 4. The highest BCUT2D eigenvalue weighted by atomic mass is 16.6. The van der Waals surface area contributed by atoms with Gasteiger partial charge in [-0.05, 0) is 64.2 Å². The summed E-state index contributed by atoms with van der Waals surface area (Å²) in [6, 6.07) is 5.59. The summed E-state index contributed by atoms with van der Waals surface area (Å²) in [6.45, 7) is 18.9. The van der Waals surface area contributed by atoms with E-state index in [9.17, 15) is 19.2 Å². The Labute approximate surface area is 220 Å². The predicted octanol–water partition coefficient (Wildman–Crippen LogP) is 4.48. The van der Waals surface area contributed by atoms with E-state index >= 15 is 0 Å². The second kappa shape index (κ2) is 12.7. The molecule has 37 heavy (non-hydrogen) atoms. The molecule has 0 saturated heterocycles. The Kier molecular flexibility index (Phi) is 10.9. The van der Waals surface area contributed by atoms with Crippen molar-refractivity contribution in [1.29, 1.82) is 0 Å². The third kappa shape index (κ3) is 13.0. The van der Waals surface area contributed by atoms with E-state index < -0.39 is 35.2 Å². The molecule has 0 fully saturated rings. The molecule has 1 aromatic carbocycles. The molecule has 0 aliphatic carbocycles. The first-order valence-corrected chi connectivity index (χ1v) is 12.2. The monoisotopic (exact) mass is 518 g/mol. The topological polar surface area (TPSA) is 120 Å². The first-order chi connectivity index (χ1) is 16.8. The predicted molar refractivity (Wildman–Crippen MR) is 141 cm³/mol. The Balaban J connectivity index is 3.00. The number of esters is 2. The number of benzene rings is 1. The summed E-state index contributed by atoms with van der Waals surface area (Å²) in [6.07, 6.45) is -0.0610. The molecular weight excluding hydrogens is 476 g/mol. The summed E-state index contributed by atoms with van der Waals surface area (Å²) < 4.78 is 15.1. The summed E-state index contributed by atoms with van der Waals surface area (Å²) in [5.41, 5.74) is -0.557. The number of hydrogen-bond donors (Lipinski definition) is 2. The Bertz CT molecular complexity index is 983. The second-order valence-electron chi connectivity index (χ2n) is 11.9. The zero-order chi connectivity index (χ0) is 28.6. The number of amides is 2. The number of methoxy groups -OCH3 is 1. The van der Waals surface area contributed by atoms with E-state index in [0.717, 1.165) is 12.0 Å². The van der Waals surface area contributed by atoms with Crippen LogP contribution in [0.2, 0.25) is 0 Å². The van der Waals surface area contributed by atoms with Crippen molar-refractivity contribution in [3.05, 3.63) is 42.0 Å². The summed E-state index contributed by atoms with van der Waals surface area (Å²) in [7, 11) is 1.22. The molecule has 1 unspecified atom stereocenters. The average Bonchev–Trinajstić information content (AvgIpc) is 2.70. The molecule has 9 nitrogen and oxygen atoms in total. The first-order valence-electron chi connectivity index (χ1n) is 12.2. The van der Waals surface area contributed by atoms with E-state index in [1.807, 2.05) is 13.8 Å². The smallest absolute Gasteiger partial charge is 0.408 e. The zero-order valence-electron chi connectivity index (χ0n) is 23.6. The van der Waals surface area contributed by atoms with Crippen LogP contribution in [0.15, 0.2) is 36.4 Å². The van der Waals surface area contributed by atoms with Gasteiger partial charge in [0.25, 0.3) is 0 Å². The molecule has 0 aliphatic rings. The van der Waals surface area contributed by atoms with Gasteiger partial charge in [0.15, 0.2) is 0 Å². The Morgan fingerprint density at radius 3 is 2.00 bits per heavy atom. The van der Waals surface area contributed by atoms with Gasteiger partial charge in [0.1, 0.15) is 17.4 Å². The third-order valence-corrected chi connectivity index (χ3v) is 4.89. The van der Waals surface area contributed by atoms with Crippen LogP contribution < -0.4 is 15.4 Å². The normalized spacial score (nSPS) is 12.7. The Morgan fingerprint density at radius 1 is 0.946 bits per heavy atom. The van der Waals surface area contributed by atoms with Gasteiger partial charge < -0.3 is 24.8 Å². The first kappa shape index (κ1) is 31.7. The molecule has 1 rings (SSSR count). The quantitative estimate of drug-likeness (QED) is 0.266. The maximum Gasteiger partial charge on any atom is 0.408 e. The van der Waals surface area contributed by atoms with Crippen LogP contribution in [0.3, 0.4) is 0 Å². The summed E-state index contributed by atoms with van der Waals surface area (Å²) in [5.74, 6) is -1.44. The minimum atomic E-state index is -0.901. The lowest BCUT2D eigenvalue weighted by Crippen LogP contribution is -2.55. The van der Waals surface area contributed by atoms with Gasteiger partial charge in [0.2, 0.25) is 5.91 Å². The van der Waals surface area contributed by atoms with Crippen molar-refractivity contribution in [3.63, 3.8) is 0 Å². The average molecular weight is 519 g/mol. The number of rotatable bonds is 10. The van der Waals surface area contributed by atoms with Crippen LogP contribution in [0.25, 0.3) is 0 Å². The van der Waals surface area contributed by atoms with Crippen molar-refractivity contribution < 1.29 is 33.4 Å². The van der Waals surface area contributed by atoms with Crippen molar-refractivity contribution in [2.24, 2.45) is 5.41 Å². The van der Waals surface area contributed by atoms with Crippen molar-refractivity contribution in [2.45, 2.75) is 91.8 Å². The molecule has 0 bridgehead atoms. The fourth-order valence-corrected chi connectivity index (χ4v) is 3.88. The molecule has 0 aliphatic heterocycles. The minimum absolute atomic E-state index is 0.0136. The molecule has 0 radical (unpaired) electrons. The third-order valence-electron chi connectivity index (χ3n) is 4.89. The van der Waals surface area contributed by atoms with E-state index in [4.69, 9.17) is 9.47 Å². The SMILES string of the molecule is C=C(CC(=O)OC)C(=O)Oc1ccc(CC(NC(=O)OC(C)(C)C)C(=O)NC(C)(C)CC(C)(C)C)cc1. The minimum Gasteiger partial charge on any atom is -0.469 e. The Hall–Kier alpha value is -3.36. The number of ether oxygens (including phenoxy) is 3. The fraction of sp³-hybridized carbons (Fsp3) is 0.571. The molecule has 0 heterocycles. The number of alkyl carbamates (subject to hydrolysis) is 1. The van der Waals surface area contributed by atoms with Crippen LogP contribution in [0.5, 0.6) is 5.75 Å². The maximum atomic E-state index is 13.3. The summed E-state index contributed by atoms with van der Waals surface area (Å²) >= 11 is 0. The zero-order valence-corrected chi connectivity index (χ0v) is 23.6. The summed E-state index contributed by atoms with van der Waals surface area (Å²) in [5, 5.41) is 5.72. The highest BCUT2D eigenvalue weighted by Gasteiger charge is 2.31. The van der Waals surface area contributed by atoms with Gasteiger partial charge in [0, 0.05) is 17.5 Å². The van der Waals surface area contributed by atoms with Crippen LogP contribution in [0.4, 0.5) is 4.79 Å². The van der Waals surface area contributed by atoms with Gasteiger partial charge in [-0.1, -0.05) is 39.5 Å². The van der Waals surface area contributed by atoms with Gasteiger partial charge in [-0.2, -0.15) is 0 Å². The maximum absolute atomic E-state index is 13.3. The molecule has 1 atom stereocenters. The molecule has 1 aromatic rings. The fourth-order valence-electron chi connectivity index (χ4n) is 3.88. The molecule has 206 valence electrons. The van der Waals surface area contributed by atoms with Crippen molar-refractivity contribution >= 4 is 23.9 Å². The second-order valence-corrected chi connectivity index (χ2v) is 11.9. The van der Waals surface area contributed by atoms with E-state index in [0.29, 0.717) is 0 Å². The molecular formula is C28H42N2O7. The van der Waals surface area contributed by atoms with Crippen molar-refractivity contribution in [3.8, 4) is 5.75 Å². The number of carbonyl (C=O) groups is 4. The van der Waals surface area contributed by atoms with Crippen LogP contribution in [0, 0.1) is 5.41 Å². The van der Waals surface area contributed by atoms with Crippen molar-refractivity contribution in [2.75, 3.05) is 7.11 Å². The molecule has 0 spiro atoms. The standard InChI is InChI=1S/C28H42N2O7/c1-18(15-22(31)35-10)24(33)36-20-13-11-19(12-14-20)16-21(29-25(34)37-27(5,6)7)23(32)30-28(8,9)17-26(2,3)4/h11-14,21H,1,15-17H2,2-10H3,(H,29,34)(H,30,32). The van der Waals surface area contributed by atoms with Crippen LogP contribution >= 0.6 is 0 Å². The largest absolute Gasteiger partial charge is 0.469 e. The lowest BCUT2D eigenvalue weighted by molar-refractivity contribution is -0.141.